The summed E-state index contributed by atoms with van der Waals surface area (Å²) in [6.07, 6.45) is 3.05. The van der Waals surface area contributed by atoms with Gasteiger partial charge in [-0.1, -0.05) is 23.7 Å². The Hall–Kier alpha value is -1.48. The van der Waals surface area contributed by atoms with Crippen molar-refractivity contribution >= 4 is 17.5 Å². The van der Waals surface area contributed by atoms with Crippen LogP contribution in [0.4, 0.5) is 5.95 Å². The fourth-order valence-corrected chi connectivity index (χ4v) is 2.04. The standard InChI is InChI=1S/C14H18ClN3/c1-3-16-14-17-11(2)10-18(14)9-8-12-4-6-13(15)7-5-12/h4-7,10H,3,8-9H2,1-2H3,(H,16,17). The monoisotopic (exact) mass is 263 g/mol. The molecule has 1 heterocycles. The second-order valence-corrected chi connectivity index (χ2v) is 4.74. The Bertz CT molecular complexity index is 502. The lowest BCUT2D eigenvalue weighted by Crippen LogP contribution is -2.08. The molecule has 0 aliphatic heterocycles. The minimum absolute atomic E-state index is 0.783. The van der Waals surface area contributed by atoms with E-state index < -0.39 is 0 Å². The van der Waals surface area contributed by atoms with Crippen LogP contribution in [0.25, 0.3) is 0 Å². The number of halogens is 1. The van der Waals surface area contributed by atoms with Crippen LogP contribution in [0.5, 0.6) is 0 Å². The van der Waals surface area contributed by atoms with Gasteiger partial charge in [-0.2, -0.15) is 0 Å². The first-order valence-corrected chi connectivity index (χ1v) is 6.59. The molecule has 0 amide bonds. The van der Waals surface area contributed by atoms with Gasteiger partial charge in [-0.25, -0.2) is 4.98 Å². The summed E-state index contributed by atoms with van der Waals surface area (Å²) in [5.74, 6) is 0.948. The molecule has 4 heteroatoms. The van der Waals surface area contributed by atoms with E-state index in [1.54, 1.807) is 0 Å². The van der Waals surface area contributed by atoms with Crippen molar-refractivity contribution in [3.05, 3.63) is 46.7 Å². The minimum atomic E-state index is 0.783. The smallest absolute Gasteiger partial charge is 0.203 e. The van der Waals surface area contributed by atoms with Crippen LogP contribution in [0.3, 0.4) is 0 Å². The van der Waals surface area contributed by atoms with Crippen LogP contribution in [0, 0.1) is 6.92 Å². The van der Waals surface area contributed by atoms with Crippen molar-refractivity contribution in [2.45, 2.75) is 26.8 Å². The van der Waals surface area contributed by atoms with E-state index in [1.807, 2.05) is 19.1 Å². The fourth-order valence-electron chi connectivity index (χ4n) is 1.92. The third-order valence-corrected chi connectivity index (χ3v) is 3.04. The van der Waals surface area contributed by atoms with Gasteiger partial charge in [0.1, 0.15) is 0 Å². The zero-order valence-corrected chi connectivity index (χ0v) is 11.5. The number of aryl methyl sites for hydroxylation is 3. The number of rotatable bonds is 5. The maximum absolute atomic E-state index is 5.87. The molecule has 2 aromatic rings. The Balaban J connectivity index is 2.03. The Kier molecular flexibility index (Phi) is 4.26. The van der Waals surface area contributed by atoms with E-state index in [4.69, 9.17) is 11.6 Å². The maximum Gasteiger partial charge on any atom is 0.203 e. The molecule has 0 saturated carbocycles. The highest BCUT2D eigenvalue weighted by Gasteiger charge is 2.04. The van der Waals surface area contributed by atoms with Gasteiger partial charge in [0, 0.05) is 24.3 Å². The molecule has 1 aromatic carbocycles. The molecule has 0 fully saturated rings. The highest BCUT2D eigenvalue weighted by Crippen LogP contribution is 2.13. The van der Waals surface area contributed by atoms with E-state index in [0.29, 0.717) is 0 Å². The van der Waals surface area contributed by atoms with Crippen molar-refractivity contribution in [1.29, 1.82) is 0 Å². The number of imidazole rings is 1. The third-order valence-electron chi connectivity index (χ3n) is 2.79. The van der Waals surface area contributed by atoms with E-state index in [0.717, 1.165) is 36.2 Å². The van der Waals surface area contributed by atoms with Gasteiger partial charge in [0.2, 0.25) is 5.95 Å². The molecule has 3 nitrogen and oxygen atoms in total. The van der Waals surface area contributed by atoms with E-state index in [-0.39, 0.29) is 0 Å². The summed E-state index contributed by atoms with van der Waals surface area (Å²) in [6, 6.07) is 8.00. The van der Waals surface area contributed by atoms with Crippen molar-refractivity contribution in [2.24, 2.45) is 0 Å². The van der Waals surface area contributed by atoms with Gasteiger partial charge in [0.05, 0.1) is 5.69 Å². The number of hydrogen-bond acceptors (Lipinski definition) is 2. The largest absolute Gasteiger partial charge is 0.356 e. The van der Waals surface area contributed by atoms with Crippen LogP contribution in [0.15, 0.2) is 30.5 Å². The van der Waals surface area contributed by atoms with E-state index in [2.05, 4.69) is 40.1 Å². The van der Waals surface area contributed by atoms with Gasteiger partial charge in [0.15, 0.2) is 0 Å². The van der Waals surface area contributed by atoms with Crippen LogP contribution in [0.2, 0.25) is 5.02 Å². The second-order valence-electron chi connectivity index (χ2n) is 4.31. The zero-order valence-electron chi connectivity index (χ0n) is 10.8. The first-order chi connectivity index (χ1) is 8.69. The topological polar surface area (TPSA) is 29.9 Å². The molecule has 2 rings (SSSR count). The lowest BCUT2D eigenvalue weighted by atomic mass is 10.1. The van der Waals surface area contributed by atoms with Crippen molar-refractivity contribution in [1.82, 2.24) is 9.55 Å². The molecular formula is C14H18ClN3. The summed E-state index contributed by atoms with van der Waals surface area (Å²) in [5, 5.41) is 4.06. The molecule has 0 spiro atoms. The first kappa shape index (κ1) is 13.0. The molecule has 0 saturated heterocycles. The molecule has 18 heavy (non-hydrogen) atoms. The molecule has 0 atom stereocenters. The molecule has 0 aliphatic rings. The second kappa shape index (κ2) is 5.91. The molecular weight excluding hydrogens is 246 g/mol. The Labute approximate surface area is 113 Å². The minimum Gasteiger partial charge on any atom is -0.356 e. The molecule has 0 aliphatic carbocycles. The molecule has 0 unspecified atom stereocenters. The summed E-state index contributed by atoms with van der Waals surface area (Å²) in [7, 11) is 0. The van der Waals surface area contributed by atoms with Crippen molar-refractivity contribution in [2.75, 3.05) is 11.9 Å². The predicted molar refractivity (Wildman–Crippen MR) is 76.3 cm³/mol. The van der Waals surface area contributed by atoms with Crippen LogP contribution >= 0.6 is 11.6 Å². The lowest BCUT2D eigenvalue weighted by Gasteiger charge is -2.08. The summed E-state index contributed by atoms with van der Waals surface area (Å²) in [4.78, 5) is 4.46. The van der Waals surface area contributed by atoms with Gasteiger partial charge in [-0.05, 0) is 38.0 Å². The first-order valence-electron chi connectivity index (χ1n) is 6.21. The number of anilines is 1. The number of aromatic nitrogens is 2. The molecule has 1 aromatic heterocycles. The maximum atomic E-state index is 5.87. The highest BCUT2D eigenvalue weighted by atomic mass is 35.5. The van der Waals surface area contributed by atoms with Crippen LogP contribution < -0.4 is 5.32 Å². The number of benzene rings is 1. The van der Waals surface area contributed by atoms with E-state index >= 15 is 0 Å². The fraction of sp³-hybridized carbons (Fsp3) is 0.357. The number of nitrogens with one attached hydrogen (secondary N) is 1. The zero-order chi connectivity index (χ0) is 13.0. The highest BCUT2D eigenvalue weighted by molar-refractivity contribution is 6.30. The summed E-state index contributed by atoms with van der Waals surface area (Å²) >= 11 is 5.87. The normalized spacial score (nSPS) is 10.6. The molecule has 0 radical (unpaired) electrons. The molecule has 0 bridgehead atoms. The van der Waals surface area contributed by atoms with Gasteiger partial charge >= 0.3 is 0 Å². The summed E-state index contributed by atoms with van der Waals surface area (Å²) in [6.45, 7) is 5.90. The van der Waals surface area contributed by atoms with E-state index in [9.17, 15) is 0 Å². The summed E-state index contributed by atoms with van der Waals surface area (Å²) < 4.78 is 2.16. The van der Waals surface area contributed by atoms with Gasteiger partial charge < -0.3 is 9.88 Å². The van der Waals surface area contributed by atoms with Gasteiger partial charge in [-0.15, -0.1) is 0 Å². The Morgan fingerprint density at radius 1 is 1.28 bits per heavy atom. The van der Waals surface area contributed by atoms with Gasteiger partial charge in [-0.3, -0.25) is 0 Å². The quantitative estimate of drug-likeness (QED) is 0.895. The van der Waals surface area contributed by atoms with Crippen LogP contribution in [0.1, 0.15) is 18.2 Å². The van der Waals surface area contributed by atoms with Crippen molar-refractivity contribution in [3.63, 3.8) is 0 Å². The predicted octanol–water partition coefficient (Wildman–Crippen LogP) is 3.52. The van der Waals surface area contributed by atoms with Crippen LogP contribution in [-0.2, 0) is 13.0 Å². The van der Waals surface area contributed by atoms with Crippen molar-refractivity contribution < 1.29 is 0 Å². The third kappa shape index (κ3) is 3.26. The molecule has 1 N–H and O–H groups in total. The Morgan fingerprint density at radius 2 is 2.00 bits per heavy atom. The molecule has 96 valence electrons. The van der Waals surface area contributed by atoms with Gasteiger partial charge in [0.25, 0.3) is 0 Å². The van der Waals surface area contributed by atoms with E-state index in [1.165, 1.54) is 5.56 Å². The van der Waals surface area contributed by atoms with Crippen molar-refractivity contribution in [3.8, 4) is 0 Å². The number of hydrogen-bond donors (Lipinski definition) is 1. The average Bonchev–Trinajstić information content (AvgIpc) is 2.70. The lowest BCUT2D eigenvalue weighted by molar-refractivity contribution is 0.700. The SMILES string of the molecule is CCNc1nc(C)cn1CCc1ccc(Cl)cc1. The number of nitrogens with zero attached hydrogens (tertiary/aromatic N) is 2. The average molecular weight is 264 g/mol. The summed E-state index contributed by atoms with van der Waals surface area (Å²) in [5.41, 5.74) is 2.33. The van der Waals surface area contributed by atoms with Crippen LogP contribution in [-0.4, -0.2) is 16.1 Å². The Morgan fingerprint density at radius 3 is 2.67 bits per heavy atom.